The fourth-order valence-electron chi connectivity index (χ4n) is 1.60. The van der Waals surface area contributed by atoms with Crippen LogP contribution in [0.4, 0.5) is 13.2 Å². The van der Waals surface area contributed by atoms with Crippen LogP contribution in [0.25, 0.3) is 0 Å². The van der Waals surface area contributed by atoms with Gasteiger partial charge in [0.25, 0.3) is 5.91 Å². The van der Waals surface area contributed by atoms with Gasteiger partial charge in [-0.05, 0) is 17.7 Å². The summed E-state index contributed by atoms with van der Waals surface area (Å²) in [4.78, 5) is 11.0. The van der Waals surface area contributed by atoms with Crippen LogP contribution in [0.3, 0.4) is 0 Å². The summed E-state index contributed by atoms with van der Waals surface area (Å²) in [5.41, 5.74) is 4.69. The predicted octanol–water partition coefficient (Wildman–Crippen LogP) is 1.44. The molecule has 0 unspecified atom stereocenters. The van der Waals surface area contributed by atoms with Gasteiger partial charge in [0, 0.05) is 0 Å². The molecule has 8 heteroatoms. The number of benzene rings is 1. The average molecular weight is 270 g/mol. The van der Waals surface area contributed by atoms with E-state index in [1.54, 1.807) is 0 Å². The summed E-state index contributed by atoms with van der Waals surface area (Å²) in [5, 5.41) is 7.00. The van der Waals surface area contributed by atoms with Crippen molar-refractivity contribution in [3.05, 3.63) is 47.5 Å². The van der Waals surface area contributed by atoms with Crippen LogP contribution in [0.1, 0.15) is 21.7 Å². The summed E-state index contributed by atoms with van der Waals surface area (Å²) in [7, 11) is 0. The molecular formula is C11H9F3N4O. The van der Waals surface area contributed by atoms with E-state index in [1.165, 1.54) is 23.0 Å². The highest BCUT2D eigenvalue weighted by Crippen LogP contribution is 2.29. The largest absolute Gasteiger partial charge is 0.416 e. The maximum atomic E-state index is 12.5. The number of hydrogen-bond donors (Lipinski definition) is 1. The molecule has 0 bridgehead atoms. The minimum atomic E-state index is -4.41. The molecule has 1 heterocycles. The SMILES string of the molecule is NC(=O)c1nncn1Cc1cccc(C(F)(F)F)c1. The Morgan fingerprint density at radius 3 is 2.74 bits per heavy atom. The van der Waals surface area contributed by atoms with Crippen LogP contribution in [0.15, 0.2) is 30.6 Å². The Morgan fingerprint density at radius 1 is 1.37 bits per heavy atom. The van der Waals surface area contributed by atoms with Crippen molar-refractivity contribution in [2.75, 3.05) is 0 Å². The number of carbonyl (C=O) groups is 1. The van der Waals surface area contributed by atoms with E-state index in [9.17, 15) is 18.0 Å². The highest BCUT2D eigenvalue weighted by molar-refractivity contribution is 5.88. The Balaban J connectivity index is 2.29. The number of primary amides is 1. The van der Waals surface area contributed by atoms with E-state index in [1.807, 2.05) is 0 Å². The Labute approximate surface area is 105 Å². The van der Waals surface area contributed by atoms with Gasteiger partial charge in [-0.25, -0.2) is 0 Å². The standard InChI is InChI=1S/C11H9F3N4O/c12-11(13,14)8-3-1-2-7(4-8)5-18-6-16-17-10(18)9(15)19/h1-4,6H,5H2,(H2,15,19). The van der Waals surface area contributed by atoms with Gasteiger partial charge in [-0.1, -0.05) is 12.1 Å². The summed E-state index contributed by atoms with van der Waals surface area (Å²) in [6, 6.07) is 4.79. The highest BCUT2D eigenvalue weighted by Gasteiger charge is 2.30. The zero-order valence-corrected chi connectivity index (χ0v) is 9.55. The van der Waals surface area contributed by atoms with Crippen molar-refractivity contribution < 1.29 is 18.0 Å². The Bertz CT molecular complexity index is 606. The number of halogens is 3. The fraction of sp³-hybridized carbons (Fsp3) is 0.182. The molecule has 2 N–H and O–H groups in total. The molecule has 2 aromatic rings. The van der Waals surface area contributed by atoms with Crippen molar-refractivity contribution in [1.29, 1.82) is 0 Å². The molecule has 1 aromatic heterocycles. The van der Waals surface area contributed by atoms with Crippen LogP contribution in [-0.4, -0.2) is 20.7 Å². The molecule has 0 fully saturated rings. The molecule has 19 heavy (non-hydrogen) atoms. The summed E-state index contributed by atoms with van der Waals surface area (Å²) in [6.45, 7) is 0.0369. The van der Waals surface area contributed by atoms with E-state index >= 15 is 0 Å². The van der Waals surface area contributed by atoms with Gasteiger partial charge in [-0.3, -0.25) is 4.79 Å². The van der Waals surface area contributed by atoms with Crippen LogP contribution >= 0.6 is 0 Å². The first kappa shape index (κ1) is 13.1. The lowest BCUT2D eigenvalue weighted by Gasteiger charge is -2.09. The number of rotatable bonds is 3. The van der Waals surface area contributed by atoms with Gasteiger partial charge in [0.05, 0.1) is 12.1 Å². The molecule has 0 saturated carbocycles. The first-order valence-electron chi connectivity index (χ1n) is 5.21. The summed E-state index contributed by atoms with van der Waals surface area (Å²) >= 11 is 0. The minimum Gasteiger partial charge on any atom is -0.363 e. The normalized spacial score (nSPS) is 11.5. The molecule has 0 radical (unpaired) electrons. The smallest absolute Gasteiger partial charge is 0.363 e. The molecule has 100 valence electrons. The highest BCUT2D eigenvalue weighted by atomic mass is 19.4. The van der Waals surface area contributed by atoms with Crippen molar-refractivity contribution in [2.24, 2.45) is 5.73 Å². The van der Waals surface area contributed by atoms with Crippen molar-refractivity contribution in [1.82, 2.24) is 14.8 Å². The van der Waals surface area contributed by atoms with Crippen molar-refractivity contribution in [3.63, 3.8) is 0 Å². The second kappa shape index (κ2) is 4.71. The van der Waals surface area contributed by atoms with Crippen molar-refractivity contribution in [2.45, 2.75) is 12.7 Å². The molecule has 0 aliphatic heterocycles. The first-order chi connectivity index (χ1) is 8.88. The molecule has 0 spiro atoms. The number of carbonyl (C=O) groups excluding carboxylic acids is 1. The predicted molar refractivity (Wildman–Crippen MR) is 59.1 cm³/mol. The van der Waals surface area contributed by atoms with E-state index in [2.05, 4.69) is 10.2 Å². The number of amides is 1. The Kier molecular flexibility index (Phi) is 3.24. The van der Waals surface area contributed by atoms with E-state index in [-0.39, 0.29) is 12.4 Å². The van der Waals surface area contributed by atoms with Gasteiger partial charge in [-0.2, -0.15) is 13.2 Å². The molecule has 0 atom stereocenters. The number of nitrogens with zero attached hydrogens (tertiary/aromatic N) is 3. The minimum absolute atomic E-state index is 0.0369. The van der Waals surface area contributed by atoms with Crippen LogP contribution < -0.4 is 5.73 Å². The number of hydrogen-bond acceptors (Lipinski definition) is 3. The summed E-state index contributed by atoms with van der Waals surface area (Å²) < 4.78 is 38.9. The van der Waals surface area contributed by atoms with Crippen LogP contribution in [0.5, 0.6) is 0 Å². The number of aromatic nitrogens is 3. The maximum Gasteiger partial charge on any atom is 0.416 e. The number of alkyl halides is 3. The van der Waals surface area contributed by atoms with Gasteiger partial charge in [0.2, 0.25) is 5.82 Å². The van der Waals surface area contributed by atoms with Gasteiger partial charge in [0.1, 0.15) is 6.33 Å². The lowest BCUT2D eigenvalue weighted by atomic mass is 10.1. The zero-order chi connectivity index (χ0) is 14.0. The third-order valence-electron chi connectivity index (χ3n) is 2.44. The molecule has 2 rings (SSSR count). The molecule has 5 nitrogen and oxygen atoms in total. The Morgan fingerprint density at radius 2 is 2.11 bits per heavy atom. The van der Waals surface area contributed by atoms with Crippen LogP contribution in [-0.2, 0) is 12.7 Å². The lowest BCUT2D eigenvalue weighted by Crippen LogP contribution is -2.18. The molecule has 0 aliphatic carbocycles. The summed E-state index contributed by atoms with van der Waals surface area (Å²) in [5.74, 6) is -0.887. The third kappa shape index (κ3) is 2.90. The Hall–Kier alpha value is -2.38. The van der Waals surface area contributed by atoms with Crippen LogP contribution in [0, 0.1) is 0 Å². The molecular weight excluding hydrogens is 261 g/mol. The molecule has 0 aliphatic rings. The summed E-state index contributed by atoms with van der Waals surface area (Å²) in [6.07, 6.45) is -3.17. The van der Waals surface area contributed by atoms with Crippen LogP contribution in [0.2, 0.25) is 0 Å². The average Bonchev–Trinajstić information content (AvgIpc) is 2.76. The second-order valence-corrected chi connectivity index (χ2v) is 3.84. The lowest BCUT2D eigenvalue weighted by molar-refractivity contribution is -0.137. The topological polar surface area (TPSA) is 73.8 Å². The fourth-order valence-corrected chi connectivity index (χ4v) is 1.60. The maximum absolute atomic E-state index is 12.5. The van der Waals surface area contributed by atoms with E-state index in [0.29, 0.717) is 5.56 Å². The zero-order valence-electron chi connectivity index (χ0n) is 9.55. The van der Waals surface area contributed by atoms with Gasteiger partial charge in [0.15, 0.2) is 0 Å². The van der Waals surface area contributed by atoms with Crippen molar-refractivity contribution in [3.8, 4) is 0 Å². The third-order valence-corrected chi connectivity index (χ3v) is 2.44. The van der Waals surface area contributed by atoms with E-state index in [0.717, 1.165) is 12.1 Å². The monoisotopic (exact) mass is 270 g/mol. The van der Waals surface area contributed by atoms with Crippen molar-refractivity contribution >= 4 is 5.91 Å². The molecule has 1 amide bonds. The van der Waals surface area contributed by atoms with E-state index in [4.69, 9.17) is 5.73 Å². The number of nitrogens with two attached hydrogens (primary N) is 1. The molecule has 0 saturated heterocycles. The van der Waals surface area contributed by atoms with Gasteiger partial charge < -0.3 is 10.3 Å². The molecule has 1 aromatic carbocycles. The first-order valence-corrected chi connectivity index (χ1v) is 5.21. The van der Waals surface area contributed by atoms with E-state index < -0.39 is 17.6 Å². The van der Waals surface area contributed by atoms with Gasteiger partial charge in [-0.15, -0.1) is 10.2 Å². The quantitative estimate of drug-likeness (QED) is 0.917. The second-order valence-electron chi connectivity index (χ2n) is 3.84. The van der Waals surface area contributed by atoms with Gasteiger partial charge >= 0.3 is 6.18 Å².